The molecule has 0 saturated heterocycles. The zero-order valence-electron chi connectivity index (χ0n) is 11.6. The van der Waals surface area contributed by atoms with Crippen LogP contribution in [0.4, 0.5) is 0 Å². The lowest BCUT2D eigenvalue weighted by Crippen LogP contribution is -2.45. The number of amides is 1. The van der Waals surface area contributed by atoms with Gasteiger partial charge in [-0.1, -0.05) is 37.1 Å². The van der Waals surface area contributed by atoms with Crippen LogP contribution >= 0.6 is 0 Å². The Labute approximate surface area is 115 Å². The van der Waals surface area contributed by atoms with Gasteiger partial charge in [-0.2, -0.15) is 0 Å². The molecule has 1 N–H and O–H groups in total. The highest BCUT2D eigenvalue weighted by molar-refractivity contribution is 5.84. The summed E-state index contributed by atoms with van der Waals surface area (Å²) in [5.41, 5.74) is 2.49. The molecule has 0 radical (unpaired) electrons. The number of nitrogens with zero attached hydrogens (tertiary/aromatic N) is 1. The first-order valence-corrected chi connectivity index (χ1v) is 7.35. The summed E-state index contributed by atoms with van der Waals surface area (Å²) in [6.07, 6.45) is 5.87. The molecule has 2 aliphatic rings. The molecule has 0 spiro atoms. The maximum atomic E-state index is 12.7. The molecular formula is C16H22N2O. The Morgan fingerprint density at radius 2 is 2.00 bits per heavy atom. The minimum atomic E-state index is -0.143. The first-order valence-electron chi connectivity index (χ1n) is 7.35. The molecule has 1 aromatic carbocycles. The third-order valence-corrected chi connectivity index (χ3v) is 4.58. The summed E-state index contributed by atoms with van der Waals surface area (Å²) in [5.74, 6) is 0.235. The van der Waals surface area contributed by atoms with Crippen molar-refractivity contribution in [1.82, 2.24) is 10.2 Å². The molecule has 1 aliphatic heterocycles. The topological polar surface area (TPSA) is 32.3 Å². The van der Waals surface area contributed by atoms with E-state index in [-0.39, 0.29) is 11.9 Å². The van der Waals surface area contributed by atoms with Gasteiger partial charge >= 0.3 is 0 Å². The standard InChI is InChI=1S/C16H22N2O/c1-18(13-7-3-4-8-13)16(19)15-14-9-5-2-6-12(14)10-11-17-15/h2,5-6,9,13,15,17H,3-4,7-8,10-11H2,1H3. The number of carbonyl (C=O) groups excluding carboxylic acids is 1. The van der Waals surface area contributed by atoms with Crippen molar-refractivity contribution in [3.8, 4) is 0 Å². The van der Waals surface area contributed by atoms with Crippen LogP contribution in [-0.4, -0.2) is 30.4 Å². The molecule has 102 valence electrons. The predicted molar refractivity (Wildman–Crippen MR) is 75.9 cm³/mol. The second kappa shape index (κ2) is 5.33. The van der Waals surface area contributed by atoms with Crippen molar-refractivity contribution in [2.45, 2.75) is 44.2 Å². The summed E-state index contributed by atoms with van der Waals surface area (Å²) in [6, 6.07) is 8.63. The number of hydrogen-bond acceptors (Lipinski definition) is 2. The van der Waals surface area contributed by atoms with E-state index < -0.39 is 0 Å². The van der Waals surface area contributed by atoms with E-state index in [4.69, 9.17) is 0 Å². The Bertz CT molecular complexity index is 466. The maximum Gasteiger partial charge on any atom is 0.244 e. The number of nitrogens with one attached hydrogen (secondary N) is 1. The van der Waals surface area contributed by atoms with Crippen molar-refractivity contribution in [2.75, 3.05) is 13.6 Å². The van der Waals surface area contributed by atoms with Crippen molar-refractivity contribution in [1.29, 1.82) is 0 Å². The first kappa shape index (κ1) is 12.7. The predicted octanol–water partition coefficient (Wildman–Crippen LogP) is 2.27. The summed E-state index contributed by atoms with van der Waals surface area (Å²) in [6.45, 7) is 0.895. The van der Waals surface area contributed by atoms with Crippen LogP contribution in [-0.2, 0) is 11.2 Å². The smallest absolute Gasteiger partial charge is 0.244 e. The van der Waals surface area contributed by atoms with E-state index in [1.54, 1.807) is 0 Å². The quantitative estimate of drug-likeness (QED) is 0.882. The fraction of sp³-hybridized carbons (Fsp3) is 0.562. The summed E-state index contributed by atoms with van der Waals surface area (Å²) >= 11 is 0. The molecule has 1 amide bonds. The Balaban J connectivity index is 1.80. The lowest BCUT2D eigenvalue weighted by Gasteiger charge is -2.32. The zero-order chi connectivity index (χ0) is 13.2. The highest BCUT2D eigenvalue weighted by Crippen LogP contribution is 2.28. The van der Waals surface area contributed by atoms with Gasteiger partial charge in [0.05, 0.1) is 0 Å². The molecule has 1 atom stereocenters. The molecular weight excluding hydrogens is 236 g/mol. The van der Waals surface area contributed by atoms with E-state index in [1.165, 1.54) is 24.0 Å². The van der Waals surface area contributed by atoms with Crippen molar-refractivity contribution in [3.05, 3.63) is 35.4 Å². The van der Waals surface area contributed by atoms with E-state index in [2.05, 4.69) is 23.5 Å². The van der Waals surface area contributed by atoms with Gasteiger partial charge in [0.25, 0.3) is 0 Å². The highest BCUT2D eigenvalue weighted by Gasteiger charge is 2.31. The molecule has 1 unspecified atom stereocenters. The number of benzene rings is 1. The minimum Gasteiger partial charge on any atom is -0.341 e. The largest absolute Gasteiger partial charge is 0.341 e. The second-order valence-electron chi connectivity index (χ2n) is 5.72. The molecule has 19 heavy (non-hydrogen) atoms. The average molecular weight is 258 g/mol. The SMILES string of the molecule is CN(C(=O)C1NCCc2ccccc21)C1CCCC1. The summed E-state index contributed by atoms with van der Waals surface area (Å²) in [4.78, 5) is 14.7. The van der Waals surface area contributed by atoms with Crippen LogP contribution in [0.3, 0.4) is 0 Å². The number of rotatable bonds is 2. The summed E-state index contributed by atoms with van der Waals surface area (Å²) < 4.78 is 0. The van der Waals surface area contributed by atoms with Gasteiger partial charge in [0, 0.05) is 19.6 Å². The fourth-order valence-electron chi connectivity index (χ4n) is 3.40. The van der Waals surface area contributed by atoms with Crippen LogP contribution in [0, 0.1) is 0 Å². The molecule has 1 saturated carbocycles. The maximum absolute atomic E-state index is 12.7. The molecule has 1 aliphatic carbocycles. The van der Waals surface area contributed by atoms with Crippen LogP contribution < -0.4 is 5.32 Å². The molecule has 1 aromatic rings. The van der Waals surface area contributed by atoms with E-state index in [0.717, 1.165) is 25.8 Å². The fourth-order valence-corrected chi connectivity index (χ4v) is 3.40. The van der Waals surface area contributed by atoms with Crippen LogP contribution in [0.25, 0.3) is 0 Å². The molecule has 0 aromatic heterocycles. The molecule has 1 fully saturated rings. The third-order valence-electron chi connectivity index (χ3n) is 4.58. The number of fused-ring (bicyclic) bond motifs is 1. The number of carbonyl (C=O) groups is 1. The zero-order valence-corrected chi connectivity index (χ0v) is 11.6. The molecule has 1 heterocycles. The van der Waals surface area contributed by atoms with Gasteiger partial charge in [-0.05, 0) is 30.4 Å². The molecule has 3 nitrogen and oxygen atoms in total. The van der Waals surface area contributed by atoms with Crippen molar-refractivity contribution < 1.29 is 4.79 Å². The van der Waals surface area contributed by atoms with Gasteiger partial charge in [-0.15, -0.1) is 0 Å². The summed E-state index contributed by atoms with van der Waals surface area (Å²) in [7, 11) is 1.97. The van der Waals surface area contributed by atoms with Crippen LogP contribution in [0.5, 0.6) is 0 Å². The lowest BCUT2D eigenvalue weighted by molar-refractivity contribution is -0.134. The Morgan fingerprint density at radius 3 is 2.79 bits per heavy atom. The average Bonchev–Trinajstić information content (AvgIpc) is 2.99. The number of likely N-dealkylation sites (N-methyl/N-ethyl adjacent to an activating group) is 1. The van der Waals surface area contributed by atoms with Crippen LogP contribution in [0.15, 0.2) is 24.3 Å². The Hall–Kier alpha value is -1.35. The van der Waals surface area contributed by atoms with E-state index in [1.807, 2.05) is 18.0 Å². The first-order chi connectivity index (χ1) is 9.27. The van der Waals surface area contributed by atoms with Gasteiger partial charge in [-0.3, -0.25) is 4.79 Å². The van der Waals surface area contributed by atoms with Gasteiger partial charge in [0.15, 0.2) is 0 Å². The van der Waals surface area contributed by atoms with Gasteiger partial charge < -0.3 is 10.2 Å². The van der Waals surface area contributed by atoms with Crippen molar-refractivity contribution >= 4 is 5.91 Å². The molecule has 3 rings (SSSR count). The van der Waals surface area contributed by atoms with Crippen LogP contribution in [0.2, 0.25) is 0 Å². The number of hydrogen-bond donors (Lipinski definition) is 1. The van der Waals surface area contributed by atoms with Gasteiger partial charge in [-0.25, -0.2) is 0 Å². The van der Waals surface area contributed by atoms with E-state index in [9.17, 15) is 4.79 Å². The lowest BCUT2D eigenvalue weighted by atomic mass is 9.93. The second-order valence-corrected chi connectivity index (χ2v) is 5.72. The Kier molecular flexibility index (Phi) is 3.56. The Morgan fingerprint density at radius 1 is 1.26 bits per heavy atom. The highest BCUT2D eigenvalue weighted by atomic mass is 16.2. The normalized spacial score (nSPS) is 23.1. The van der Waals surface area contributed by atoms with Crippen molar-refractivity contribution in [2.24, 2.45) is 0 Å². The van der Waals surface area contributed by atoms with Crippen LogP contribution in [0.1, 0.15) is 42.9 Å². The molecule has 0 bridgehead atoms. The molecule has 3 heteroatoms. The third kappa shape index (κ3) is 2.39. The van der Waals surface area contributed by atoms with Gasteiger partial charge in [0.2, 0.25) is 5.91 Å². The summed E-state index contributed by atoms with van der Waals surface area (Å²) in [5, 5.41) is 3.39. The minimum absolute atomic E-state index is 0.143. The van der Waals surface area contributed by atoms with Crippen molar-refractivity contribution in [3.63, 3.8) is 0 Å². The monoisotopic (exact) mass is 258 g/mol. The van der Waals surface area contributed by atoms with Gasteiger partial charge in [0.1, 0.15) is 6.04 Å². The van der Waals surface area contributed by atoms with E-state index in [0.29, 0.717) is 6.04 Å². The van der Waals surface area contributed by atoms with E-state index >= 15 is 0 Å².